The van der Waals surface area contributed by atoms with E-state index in [4.69, 9.17) is 5.73 Å². The van der Waals surface area contributed by atoms with Crippen molar-refractivity contribution in [2.24, 2.45) is 0 Å². The van der Waals surface area contributed by atoms with Gasteiger partial charge in [-0.25, -0.2) is 17.5 Å². The Bertz CT molecular complexity index is 505. The average Bonchev–Trinajstić information content (AvgIpc) is 2.27. The maximum Gasteiger partial charge on any atom is 0.241 e. The molecule has 0 aliphatic carbocycles. The van der Waals surface area contributed by atoms with Crippen LogP contribution < -0.4 is 10.5 Å². The van der Waals surface area contributed by atoms with Crippen LogP contribution in [0, 0.1) is 5.82 Å². The van der Waals surface area contributed by atoms with Gasteiger partial charge in [0.2, 0.25) is 10.0 Å². The Hall–Kier alpha value is -1.14. The summed E-state index contributed by atoms with van der Waals surface area (Å²) < 4.78 is 40.0. The van der Waals surface area contributed by atoms with E-state index < -0.39 is 21.4 Å². The maximum absolute atomic E-state index is 13.2. The lowest BCUT2D eigenvalue weighted by atomic mass is 9.98. The molecule has 3 N–H and O–H groups in total. The molecule has 0 aliphatic rings. The number of anilines is 1. The van der Waals surface area contributed by atoms with Gasteiger partial charge in [0.05, 0.1) is 4.90 Å². The highest BCUT2D eigenvalue weighted by molar-refractivity contribution is 7.89. The predicted molar refractivity (Wildman–Crippen MR) is 70.1 cm³/mol. The Morgan fingerprint density at radius 2 is 1.83 bits per heavy atom. The van der Waals surface area contributed by atoms with Crippen LogP contribution in [-0.4, -0.2) is 14.0 Å². The molecule has 0 unspecified atom stereocenters. The van der Waals surface area contributed by atoms with Crippen molar-refractivity contribution >= 4 is 15.7 Å². The van der Waals surface area contributed by atoms with Crippen LogP contribution in [0.1, 0.15) is 33.6 Å². The van der Waals surface area contributed by atoms with E-state index in [1.807, 2.05) is 20.8 Å². The number of nitrogens with one attached hydrogen (secondary N) is 1. The van der Waals surface area contributed by atoms with Gasteiger partial charge in [-0.3, -0.25) is 0 Å². The lowest BCUT2D eigenvalue weighted by Gasteiger charge is -2.27. The highest BCUT2D eigenvalue weighted by Crippen LogP contribution is 2.21. The van der Waals surface area contributed by atoms with Crippen LogP contribution in [0.3, 0.4) is 0 Å². The molecule has 1 aromatic carbocycles. The molecular formula is C12H19FN2O2S. The van der Waals surface area contributed by atoms with Gasteiger partial charge < -0.3 is 5.73 Å². The van der Waals surface area contributed by atoms with Gasteiger partial charge in [0.15, 0.2) is 0 Å². The van der Waals surface area contributed by atoms with Crippen molar-refractivity contribution in [3.8, 4) is 0 Å². The Balaban J connectivity index is 3.14. The molecule has 0 radical (unpaired) electrons. The third-order valence-corrected chi connectivity index (χ3v) is 4.76. The van der Waals surface area contributed by atoms with Gasteiger partial charge in [0.1, 0.15) is 5.82 Å². The second-order valence-electron chi connectivity index (χ2n) is 4.59. The van der Waals surface area contributed by atoms with Crippen LogP contribution >= 0.6 is 0 Å². The van der Waals surface area contributed by atoms with E-state index in [0.717, 1.165) is 12.1 Å². The Morgan fingerprint density at radius 1 is 1.28 bits per heavy atom. The zero-order chi connectivity index (χ0) is 14.0. The minimum Gasteiger partial charge on any atom is -0.399 e. The van der Waals surface area contributed by atoms with E-state index >= 15 is 0 Å². The Kier molecular flexibility index (Phi) is 4.34. The first-order valence-electron chi connectivity index (χ1n) is 5.82. The van der Waals surface area contributed by atoms with Crippen molar-refractivity contribution in [1.82, 2.24) is 4.72 Å². The molecule has 0 aromatic heterocycles. The SMILES string of the molecule is CCC(C)(CC)NS(=O)(=O)c1cc(N)cc(F)c1. The van der Waals surface area contributed by atoms with Gasteiger partial charge in [-0.15, -0.1) is 0 Å². The first-order chi connectivity index (χ1) is 8.22. The monoisotopic (exact) mass is 274 g/mol. The molecule has 0 spiro atoms. The summed E-state index contributed by atoms with van der Waals surface area (Å²) in [6, 6.07) is 3.29. The number of sulfonamides is 1. The van der Waals surface area contributed by atoms with Gasteiger partial charge in [-0.05, 0) is 38.0 Å². The minimum atomic E-state index is -3.76. The summed E-state index contributed by atoms with van der Waals surface area (Å²) in [5, 5.41) is 0. The quantitative estimate of drug-likeness (QED) is 0.809. The predicted octanol–water partition coefficient (Wildman–Crippen LogP) is 2.26. The minimum absolute atomic E-state index is 0.0880. The summed E-state index contributed by atoms with van der Waals surface area (Å²) in [6.45, 7) is 5.60. The second kappa shape index (κ2) is 5.24. The number of halogens is 1. The summed E-state index contributed by atoms with van der Waals surface area (Å²) >= 11 is 0. The lowest BCUT2D eigenvalue weighted by Crippen LogP contribution is -2.44. The highest BCUT2D eigenvalue weighted by Gasteiger charge is 2.27. The number of nitrogen functional groups attached to an aromatic ring is 1. The summed E-state index contributed by atoms with van der Waals surface area (Å²) in [4.78, 5) is -0.145. The average molecular weight is 274 g/mol. The summed E-state index contributed by atoms with van der Waals surface area (Å²) in [7, 11) is -3.76. The number of hydrogen-bond acceptors (Lipinski definition) is 3. The number of hydrogen-bond donors (Lipinski definition) is 2. The first-order valence-corrected chi connectivity index (χ1v) is 7.31. The van der Waals surface area contributed by atoms with E-state index in [2.05, 4.69) is 4.72 Å². The first kappa shape index (κ1) is 14.9. The van der Waals surface area contributed by atoms with Crippen LogP contribution in [0.25, 0.3) is 0 Å². The zero-order valence-corrected chi connectivity index (χ0v) is 11.6. The fourth-order valence-electron chi connectivity index (χ4n) is 1.52. The van der Waals surface area contributed by atoms with Crippen LogP contribution in [0.15, 0.2) is 23.1 Å². The molecule has 0 amide bonds. The van der Waals surface area contributed by atoms with Crippen LogP contribution in [0.5, 0.6) is 0 Å². The van der Waals surface area contributed by atoms with Crippen molar-refractivity contribution in [2.75, 3.05) is 5.73 Å². The third-order valence-electron chi connectivity index (χ3n) is 3.15. The van der Waals surface area contributed by atoms with Crippen molar-refractivity contribution in [3.63, 3.8) is 0 Å². The Labute approximate surface area is 107 Å². The van der Waals surface area contributed by atoms with E-state index in [1.165, 1.54) is 6.07 Å². The smallest absolute Gasteiger partial charge is 0.241 e. The van der Waals surface area contributed by atoms with Gasteiger partial charge in [0, 0.05) is 11.2 Å². The number of nitrogens with two attached hydrogens (primary N) is 1. The fourth-order valence-corrected chi connectivity index (χ4v) is 3.13. The van der Waals surface area contributed by atoms with Gasteiger partial charge in [-0.1, -0.05) is 13.8 Å². The Morgan fingerprint density at radius 3 is 2.28 bits per heavy atom. The molecule has 0 fully saturated rings. The highest BCUT2D eigenvalue weighted by atomic mass is 32.2. The van der Waals surface area contributed by atoms with Crippen molar-refractivity contribution in [1.29, 1.82) is 0 Å². The van der Waals surface area contributed by atoms with E-state index in [0.29, 0.717) is 12.8 Å². The summed E-state index contributed by atoms with van der Waals surface area (Å²) in [5.41, 5.74) is 5.00. The molecule has 1 aromatic rings. The molecule has 0 atom stereocenters. The van der Waals surface area contributed by atoms with E-state index in [-0.39, 0.29) is 10.6 Å². The lowest BCUT2D eigenvalue weighted by molar-refractivity contribution is 0.388. The van der Waals surface area contributed by atoms with E-state index in [1.54, 1.807) is 0 Å². The van der Waals surface area contributed by atoms with Crippen LogP contribution in [0.4, 0.5) is 10.1 Å². The number of benzene rings is 1. The molecule has 0 bridgehead atoms. The molecule has 0 heterocycles. The topological polar surface area (TPSA) is 72.2 Å². The number of rotatable bonds is 5. The maximum atomic E-state index is 13.2. The molecular weight excluding hydrogens is 255 g/mol. The zero-order valence-electron chi connectivity index (χ0n) is 10.8. The van der Waals surface area contributed by atoms with Crippen molar-refractivity contribution in [3.05, 3.63) is 24.0 Å². The third kappa shape index (κ3) is 3.43. The standard InChI is InChI=1S/C12H19FN2O2S/c1-4-12(3,5-2)15-18(16,17)11-7-9(13)6-10(14)8-11/h6-8,15H,4-5,14H2,1-3H3. The molecule has 6 heteroatoms. The second-order valence-corrected chi connectivity index (χ2v) is 6.28. The molecule has 1 rings (SSSR count). The van der Waals surface area contributed by atoms with Gasteiger partial charge in [-0.2, -0.15) is 0 Å². The molecule has 18 heavy (non-hydrogen) atoms. The van der Waals surface area contributed by atoms with Crippen molar-refractivity contribution in [2.45, 2.75) is 44.0 Å². The normalized spacial score (nSPS) is 12.7. The van der Waals surface area contributed by atoms with Gasteiger partial charge in [0.25, 0.3) is 0 Å². The summed E-state index contributed by atoms with van der Waals surface area (Å²) in [5.74, 6) is -0.662. The summed E-state index contributed by atoms with van der Waals surface area (Å²) in [6.07, 6.45) is 1.29. The van der Waals surface area contributed by atoms with Crippen molar-refractivity contribution < 1.29 is 12.8 Å². The van der Waals surface area contributed by atoms with E-state index in [9.17, 15) is 12.8 Å². The molecule has 4 nitrogen and oxygen atoms in total. The fraction of sp³-hybridized carbons (Fsp3) is 0.500. The molecule has 0 saturated heterocycles. The molecule has 0 aliphatic heterocycles. The largest absolute Gasteiger partial charge is 0.399 e. The molecule has 102 valence electrons. The van der Waals surface area contributed by atoms with Crippen LogP contribution in [0.2, 0.25) is 0 Å². The van der Waals surface area contributed by atoms with Gasteiger partial charge >= 0.3 is 0 Å². The molecule has 0 saturated carbocycles. The van der Waals surface area contributed by atoms with Crippen LogP contribution in [-0.2, 0) is 10.0 Å².